The Morgan fingerprint density at radius 3 is 1.52 bits per heavy atom. The number of benzene rings is 2. The zero-order chi connectivity index (χ0) is 20.8. The van der Waals surface area contributed by atoms with Crippen molar-refractivity contribution in [2.45, 2.75) is 84.0 Å². The Morgan fingerprint density at radius 1 is 0.621 bits per heavy atom. The van der Waals surface area contributed by atoms with E-state index in [4.69, 9.17) is 10.6 Å². The molecular formula is C26H42N2O. The predicted molar refractivity (Wildman–Crippen MR) is 128 cm³/mol. The summed E-state index contributed by atoms with van der Waals surface area (Å²) in [6.07, 6.45) is 16.6. The Balaban J connectivity index is 0.000000502. The first-order valence-electron chi connectivity index (χ1n) is 11.6. The van der Waals surface area contributed by atoms with Gasteiger partial charge in [-0.2, -0.15) is 0 Å². The first-order valence-corrected chi connectivity index (χ1v) is 11.6. The fourth-order valence-electron chi connectivity index (χ4n) is 3.11. The molecule has 162 valence electrons. The summed E-state index contributed by atoms with van der Waals surface area (Å²) in [4.78, 5) is 5.46. The average Bonchev–Trinajstić information content (AvgIpc) is 2.76. The van der Waals surface area contributed by atoms with Crippen LogP contribution in [0.15, 0.2) is 60.7 Å². The third-order valence-electron chi connectivity index (χ3n) is 4.86. The molecule has 0 aliphatic heterocycles. The van der Waals surface area contributed by atoms with Crippen LogP contribution in [0.4, 0.5) is 11.4 Å². The number of nitrogens with two attached hydrogens (primary N) is 1. The van der Waals surface area contributed by atoms with E-state index < -0.39 is 0 Å². The van der Waals surface area contributed by atoms with Crippen LogP contribution in [-0.4, -0.2) is 6.61 Å². The van der Waals surface area contributed by atoms with Crippen LogP contribution in [0, 0.1) is 0 Å². The van der Waals surface area contributed by atoms with Crippen molar-refractivity contribution in [3.05, 3.63) is 60.7 Å². The van der Waals surface area contributed by atoms with Crippen LogP contribution in [0.25, 0.3) is 0 Å². The molecule has 2 aromatic rings. The van der Waals surface area contributed by atoms with Gasteiger partial charge in [0.25, 0.3) is 0 Å². The molecule has 0 aliphatic carbocycles. The minimum atomic E-state index is 0.798. The minimum Gasteiger partial charge on any atom is -0.399 e. The van der Waals surface area contributed by atoms with Gasteiger partial charge in [0, 0.05) is 5.69 Å². The molecule has 0 atom stereocenters. The molecule has 0 heterocycles. The molecule has 0 bridgehead atoms. The number of nitrogen functional groups attached to an aromatic ring is 1. The molecule has 3 heteroatoms. The molecule has 29 heavy (non-hydrogen) atoms. The highest BCUT2D eigenvalue weighted by atomic mass is 16.6. The van der Waals surface area contributed by atoms with Gasteiger partial charge in [-0.25, -0.2) is 0 Å². The van der Waals surface area contributed by atoms with Crippen molar-refractivity contribution in [2.24, 2.45) is 0 Å². The van der Waals surface area contributed by atoms with E-state index in [2.05, 4.69) is 12.4 Å². The second-order valence-corrected chi connectivity index (χ2v) is 7.62. The lowest BCUT2D eigenvalue weighted by Gasteiger charge is -2.06. The number of rotatable bonds is 15. The number of hydrogen-bond donors (Lipinski definition) is 2. The third-order valence-corrected chi connectivity index (χ3v) is 4.86. The van der Waals surface area contributed by atoms with E-state index in [9.17, 15) is 0 Å². The van der Waals surface area contributed by atoms with Gasteiger partial charge < -0.3 is 5.73 Å². The Bertz CT molecular complexity index is 559. The van der Waals surface area contributed by atoms with Crippen LogP contribution >= 0.6 is 0 Å². The SMILES string of the molecule is CCCCCCCCCCCCCCONc1ccccc1.Nc1ccccc1. The van der Waals surface area contributed by atoms with Crippen molar-refractivity contribution in [1.29, 1.82) is 0 Å². The molecule has 0 aliphatic rings. The predicted octanol–water partition coefficient (Wildman–Crippen LogP) is 8.00. The van der Waals surface area contributed by atoms with Crippen molar-refractivity contribution in [1.82, 2.24) is 0 Å². The highest BCUT2D eigenvalue weighted by Crippen LogP contribution is 2.12. The second kappa shape index (κ2) is 19.3. The molecule has 0 spiro atoms. The highest BCUT2D eigenvalue weighted by Gasteiger charge is 1.94. The highest BCUT2D eigenvalue weighted by molar-refractivity contribution is 5.40. The molecule has 0 radical (unpaired) electrons. The Labute approximate surface area is 179 Å². The smallest absolute Gasteiger partial charge is 0.0746 e. The molecule has 3 nitrogen and oxygen atoms in total. The fourth-order valence-corrected chi connectivity index (χ4v) is 3.11. The minimum absolute atomic E-state index is 0.798. The molecule has 0 unspecified atom stereocenters. The molecule has 0 amide bonds. The van der Waals surface area contributed by atoms with Crippen molar-refractivity contribution >= 4 is 11.4 Å². The van der Waals surface area contributed by atoms with E-state index in [-0.39, 0.29) is 0 Å². The van der Waals surface area contributed by atoms with Gasteiger partial charge in [-0.05, 0) is 30.7 Å². The number of hydrogen-bond acceptors (Lipinski definition) is 3. The summed E-state index contributed by atoms with van der Waals surface area (Å²) >= 11 is 0. The number of para-hydroxylation sites is 2. The zero-order valence-corrected chi connectivity index (χ0v) is 18.5. The summed E-state index contributed by atoms with van der Waals surface area (Å²) in [5, 5.41) is 0. The molecule has 0 aromatic heterocycles. The van der Waals surface area contributed by atoms with Gasteiger partial charge in [-0.1, -0.05) is 114 Å². The van der Waals surface area contributed by atoms with Crippen LogP contribution in [0.2, 0.25) is 0 Å². The maximum Gasteiger partial charge on any atom is 0.0746 e. The lowest BCUT2D eigenvalue weighted by atomic mass is 10.1. The summed E-state index contributed by atoms with van der Waals surface area (Å²) in [7, 11) is 0. The fraction of sp³-hybridized carbons (Fsp3) is 0.538. The summed E-state index contributed by atoms with van der Waals surface area (Å²) in [6, 6.07) is 19.5. The molecule has 0 saturated heterocycles. The van der Waals surface area contributed by atoms with E-state index in [0.717, 1.165) is 24.4 Å². The Morgan fingerprint density at radius 2 is 1.07 bits per heavy atom. The lowest BCUT2D eigenvalue weighted by molar-refractivity contribution is 0.187. The maximum atomic E-state index is 5.46. The second-order valence-electron chi connectivity index (χ2n) is 7.62. The van der Waals surface area contributed by atoms with Gasteiger partial charge in [0.05, 0.1) is 12.3 Å². The summed E-state index contributed by atoms with van der Waals surface area (Å²) in [5.41, 5.74) is 10.2. The van der Waals surface area contributed by atoms with E-state index in [1.165, 1.54) is 70.6 Å². The van der Waals surface area contributed by atoms with Crippen LogP contribution in [-0.2, 0) is 4.84 Å². The normalized spacial score (nSPS) is 10.2. The molecule has 2 aromatic carbocycles. The van der Waals surface area contributed by atoms with Gasteiger partial charge >= 0.3 is 0 Å². The number of anilines is 2. The summed E-state index contributed by atoms with van der Waals surface area (Å²) in [5.74, 6) is 0. The summed E-state index contributed by atoms with van der Waals surface area (Å²) < 4.78 is 0. The molecule has 0 saturated carbocycles. The first-order chi connectivity index (χ1) is 14.3. The van der Waals surface area contributed by atoms with E-state index in [0.29, 0.717) is 0 Å². The monoisotopic (exact) mass is 398 g/mol. The third kappa shape index (κ3) is 16.6. The number of nitrogens with one attached hydrogen (secondary N) is 1. The van der Waals surface area contributed by atoms with Gasteiger partial charge in [0.15, 0.2) is 0 Å². The van der Waals surface area contributed by atoms with Crippen molar-refractivity contribution < 1.29 is 4.84 Å². The van der Waals surface area contributed by atoms with Gasteiger partial charge in [0.1, 0.15) is 0 Å². The molecule has 2 rings (SSSR count). The van der Waals surface area contributed by atoms with E-state index >= 15 is 0 Å². The van der Waals surface area contributed by atoms with E-state index in [1.54, 1.807) is 0 Å². The lowest BCUT2D eigenvalue weighted by Crippen LogP contribution is -2.02. The van der Waals surface area contributed by atoms with Gasteiger partial charge in [-0.15, -0.1) is 0 Å². The van der Waals surface area contributed by atoms with Gasteiger partial charge in [0.2, 0.25) is 0 Å². The van der Waals surface area contributed by atoms with Crippen molar-refractivity contribution in [3.63, 3.8) is 0 Å². The van der Waals surface area contributed by atoms with Crippen molar-refractivity contribution in [3.8, 4) is 0 Å². The summed E-state index contributed by atoms with van der Waals surface area (Å²) in [6.45, 7) is 3.08. The first kappa shape index (κ1) is 25.0. The van der Waals surface area contributed by atoms with Gasteiger partial charge in [-0.3, -0.25) is 10.3 Å². The van der Waals surface area contributed by atoms with Crippen molar-refractivity contribution in [2.75, 3.05) is 17.8 Å². The van der Waals surface area contributed by atoms with Crippen LogP contribution < -0.4 is 11.2 Å². The van der Waals surface area contributed by atoms with Crippen LogP contribution in [0.3, 0.4) is 0 Å². The van der Waals surface area contributed by atoms with Crippen LogP contribution in [0.5, 0.6) is 0 Å². The average molecular weight is 399 g/mol. The van der Waals surface area contributed by atoms with E-state index in [1.807, 2.05) is 60.7 Å². The topological polar surface area (TPSA) is 47.3 Å². The largest absolute Gasteiger partial charge is 0.399 e. The van der Waals surface area contributed by atoms with Crippen LogP contribution in [0.1, 0.15) is 84.0 Å². The maximum absolute atomic E-state index is 5.46. The quantitative estimate of drug-likeness (QED) is 0.181. The zero-order valence-electron chi connectivity index (χ0n) is 18.5. The molecule has 0 fully saturated rings. The molecule has 3 N–H and O–H groups in total. The Kier molecular flexibility index (Phi) is 16.7. The standard InChI is InChI=1S/C20H35NO.C6H7N/c1-2-3-4-5-6-7-8-9-10-11-12-16-19-22-21-20-17-14-13-15-18-20;7-6-4-2-1-3-5-6/h13-15,17-18,21H,2-12,16,19H2,1H3;1-5H,7H2. The Hall–Kier alpha value is -2.00. The molecular weight excluding hydrogens is 356 g/mol. The number of unbranched alkanes of at least 4 members (excludes halogenated alkanes) is 11.